The van der Waals surface area contributed by atoms with E-state index in [1.54, 1.807) is 31.2 Å². The summed E-state index contributed by atoms with van der Waals surface area (Å²) in [5.74, 6) is 1.17. The highest BCUT2D eigenvalue weighted by Gasteiger charge is 2.10. The summed E-state index contributed by atoms with van der Waals surface area (Å²) >= 11 is 0. The van der Waals surface area contributed by atoms with E-state index in [0.717, 1.165) is 11.3 Å². The normalized spacial score (nSPS) is 10.4. The van der Waals surface area contributed by atoms with Crippen LogP contribution in [0.1, 0.15) is 16.1 Å². The Bertz CT molecular complexity index is 875. The number of carbonyl (C=O) groups excluding carboxylic acids is 1. The first-order valence-electron chi connectivity index (χ1n) is 8.31. The molecule has 0 saturated carbocycles. The van der Waals surface area contributed by atoms with Crippen LogP contribution in [0.25, 0.3) is 5.69 Å². The fraction of sp³-hybridized carbons (Fsp3) is 0.200. The number of benzene rings is 2. The molecule has 3 aromatic rings. The van der Waals surface area contributed by atoms with Crippen LogP contribution in [-0.4, -0.2) is 36.5 Å². The summed E-state index contributed by atoms with van der Waals surface area (Å²) in [6.45, 7) is 0.506. The fourth-order valence-corrected chi connectivity index (χ4v) is 2.62. The second kappa shape index (κ2) is 8.20. The minimum absolute atomic E-state index is 0.194. The van der Waals surface area contributed by atoms with Crippen LogP contribution in [0.4, 0.5) is 0 Å². The molecule has 0 unspecified atom stereocenters. The van der Waals surface area contributed by atoms with Crippen molar-refractivity contribution >= 4 is 5.91 Å². The summed E-state index contributed by atoms with van der Waals surface area (Å²) in [6.07, 6.45) is 2.46. The fourth-order valence-electron chi connectivity index (χ4n) is 2.62. The van der Waals surface area contributed by atoms with Gasteiger partial charge in [0.05, 0.1) is 19.9 Å². The van der Waals surface area contributed by atoms with Gasteiger partial charge in [-0.3, -0.25) is 4.79 Å². The van der Waals surface area contributed by atoms with Crippen molar-refractivity contribution in [1.82, 2.24) is 15.1 Å². The van der Waals surface area contributed by atoms with Crippen molar-refractivity contribution in [2.45, 2.75) is 6.42 Å². The quantitative estimate of drug-likeness (QED) is 0.711. The predicted molar refractivity (Wildman–Crippen MR) is 99.1 cm³/mol. The summed E-state index contributed by atoms with van der Waals surface area (Å²) in [5, 5.41) is 7.22. The van der Waals surface area contributed by atoms with E-state index in [-0.39, 0.29) is 5.91 Å². The van der Waals surface area contributed by atoms with Crippen LogP contribution in [0.2, 0.25) is 0 Å². The molecule has 0 atom stereocenters. The van der Waals surface area contributed by atoms with Crippen molar-refractivity contribution in [3.63, 3.8) is 0 Å². The third kappa shape index (κ3) is 4.03. The number of ether oxygens (including phenoxy) is 2. The molecule has 1 aromatic heterocycles. The third-order valence-electron chi connectivity index (χ3n) is 3.99. The molecule has 1 heterocycles. The summed E-state index contributed by atoms with van der Waals surface area (Å²) in [6, 6.07) is 17.1. The SMILES string of the molecule is COc1ccc(CCNC(=O)c2ccn(-c3ccccc3)n2)cc1OC. The Morgan fingerprint density at radius 1 is 1.04 bits per heavy atom. The number of hydrogen-bond acceptors (Lipinski definition) is 4. The number of methoxy groups -OCH3 is 2. The molecule has 0 saturated heterocycles. The monoisotopic (exact) mass is 351 g/mol. The average molecular weight is 351 g/mol. The van der Waals surface area contributed by atoms with Gasteiger partial charge in [-0.05, 0) is 42.3 Å². The predicted octanol–water partition coefficient (Wildman–Crippen LogP) is 2.86. The molecule has 0 bridgehead atoms. The Labute approximate surface area is 152 Å². The van der Waals surface area contributed by atoms with Gasteiger partial charge in [-0.1, -0.05) is 24.3 Å². The minimum atomic E-state index is -0.194. The van der Waals surface area contributed by atoms with Gasteiger partial charge in [0, 0.05) is 12.7 Å². The molecule has 0 aliphatic rings. The second-order valence-electron chi connectivity index (χ2n) is 5.68. The Morgan fingerprint density at radius 2 is 1.81 bits per heavy atom. The Balaban J connectivity index is 1.57. The van der Waals surface area contributed by atoms with E-state index in [9.17, 15) is 4.79 Å². The zero-order valence-corrected chi connectivity index (χ0v) is 14.8. The van der Waals surface area contributed by atoms with Crippen LogP contribution in [0, 0.1) is 0 Å². The Hall–Kier alpha value is -3.28. The maximum Gasteiger partial charge on any atom is 0.271 e. The zero-order chi connectivity index (χ0) is 18.4. The van der Waals surface area contributed by atoms with Crippen LogP contribution in [0.5, 0.6) is 11.5 Å². The number of amides is 1. The Morgan fingerprint density at radius 3 is 2.54 bits per heavy atom. The largest absolute Gasteiger partial charge is 0.493 e. The standard InChI is InChI=1S/C20H21N3O3/c1-25-18-9-8-15(14-19(18)26-2)10-12-21-20(24)17-11-13-23(22-17)16-6-4-3-5-7-16/h3-9,11,13-14H,10,12H2,1-2H3,(H,21,24). The molecule has 1 N–H and O–H groups in total. The molecule has 0 fully saturated rings. The van der Waals surface area contributed by atoms with Crippen molar-refractivity contribution < 1.29 is 14.3 Å². The summed E-state index contributed by atoms with van der Waals surface area (Å²) in [5.41, 5.74) is 2.36. The molecule has 3 rings (SSSR count). The molecular weight excluding hydrogens is 330 g/mol. The number of hydrogen-bond donors (Lipinski definition) is 1. The Kier molecular flexibility index (Phi) is 5.53. The smallest absolute Gasteiger partial charge is 0.271 e. The van der Waals surface area contributed by atoms with Gasteiger partial charge in [0.25, 0.3) is 5.91 Å². The van der Waals surface area contributed by atoms with Gasteiger partial charge < -0.3 is 14.8 Å². The molecule has 26 heavy (non-hydrogen) atoms. The van der Waals surface area contributed by atoms with E-state index in [0.29, 0.717) is 30.2 Å². The summed E-state index contributed by atoms with van der Waals surface area (Å²) < 4.78 is 12.2. The van der Waals surface area contributed by atoms with E-state index in [2.05, 4.69) is 10.4 Å². The molecular formula is C20H21N3O3. The third-order valence-corrected chi connectivity index (χ3v) is 3.99. The average Bonchev–Trinajstić information content (AvgIpc) is 3.19. The van der Waals surface area contributed by atoms with Crippen LogP contribution < -0.4 is 14.8 Å². The number of aromatic nitrogens is 2. The number of rotatable bonds is 7. The first-order chi connectivity index (χ1) is 12.7. The zero-order valence-electron chi connectivity index (χ0n) is 14.8. The van der Waals surface area contributed by atoms with Crippen molar-refractivity contribution in [1.29, 1.82) is 0 Å². The first-order valence-corrected chi connectivity index (χ1v) is 8.31. The van der Waals surface area contributed by atoms with E-state index in [1.807, 2.05) is 48.5 Å². The van der Waals surface area contributed by atoms with E-state index >= 15 is 0 Å². The molecule has 1 amide bonds. The number of nitrogens with one attached hydrogen (secondary N) is 1. The van der Waals surface area contributed by atoms with E-state index < -0.39 is 0 Å². The molecule has 6 heteroatoms. The lowest BCUT2D eigenvalue weighted by Gasteiger charge is -2.09. The maximum absolute atomic E-state index is 12.3. The van der Waals surface area contributed by atoms with Gasteiger partial charge >= 0.3 is 0 Å². The van der Waals surface area contributed by atoms with Gasteiger partial charge in [-0.2, -0.15) is 5.10 Å². The lowest BCUT2D eigenvalue weighted by molar-refractivity contribution is 0.0948. The highest BCUT2D eigenvalue weighted by molar-refractivity contribution is 5.92. The lowest BCUT2D eigenvalue weighted by Crippen LogP contribution is -2.26. The number of para-hydroxylation sites is 1. The van der Waals surface area contributed by atoms with E-state index in [1.165, 1.54) is 0 Å². The van der Waals surface area contributed by atoms with Crippen LogP contribution in [0.15, 0.2) is 60.8 Å². The lowest BCUT2D eigenvalue weighted by atomic mass is 10.1. The highest BCUT2D eigenvalue weighted by Crippen LogP contribution is 2.27. The maximum atomic E-state index is 12.3. The summed E-state index contributed by atoms with van der Waals surface area (Å²) in [7, 11) is 3.21. The second-order valence-corrected chi connectivity index (χ2v) is 5.68. The van der Waals surface area contributed by atoms with Crippen molar-refractivity contribution in [2.24, 2.45) is 0 Å². The number of carbonyl (C=O) groups is 1. The molecule has 0 radical (unpaired) electrons. The highest BCUT2D eigenvalue weighted by atomic mass is 16.5. The molecule has 6 nitrogen and oxygen atoms in total. The van der Waals surface area contributed by atoms with Gasteiger partial charge in [0.2, 0.25) is 0 Å². The van der Waals surface area contributed by atoms with Crippen molar-refractivity contribution in [3.05, 3.63) is 72.1 Å². The van der Waals surface area contributed by atoms with Gasteiger partial charge in [0.1, 0.15) is 0 Å². The topological polar surface area (TPSA) is 65.4 Å². The van der Waals surface area contributed by atoms with Gasteiger partial charge in [-0.25, -0.2) is 4.68 Å². The van der Waals surface area contributed by atoms with Crippen LogP contribution in [-0.2, 0) is 6.42 Å². The molecule has 0 aliphatic heterocycles. The van der Waals surface area contributed by atoms with E-state index in [4.69, 9.17) is 9.47 Å². The van der Waals surface area contributed by atoms with Crippen LogP contribution >= 0.6 is 0 Å². The van der Waals surface area contributed by atoms with Gasteiger partial charge in [0.15, 0.2) is 17.2 Å². The van der Waals surface area contributed by atoms with Crippen LogP contribution in [0.3, 0.4) is 0 Å². The minimum Gasteiger partial charge on any atom is -0.493 e. The first kappa shape index (κ1) is 17.5. The number of nitrogens with zero attached hydrogens (tertiary/aromatic N) is 2. The summed E-state index contributed by atoms with van der Waals surface area (Å²) in [4.78, 5) is 12.3. The van der Waals surface area contributed by atoms with Gasteiger partial charge in [-0.15, -0.1) is 0 Å². The van der Waals surface area contributed by atoms with Crippen molar-refractivity contribution in [2.75, 3.05) is 20.8 Å². The molecule has 0 aliphatic carbocycles. The molecule has 2 aromatic carbocycles. The molecule has 0 spiro atoms. The van der Waals surface area contributed by atoms with Crippen molar-refractivity contribution in [3.8, 4) is 17.2 Å². The molecule has 134 valence electrons.